The van der Waals surface area contributed by atoms with E-state index in [1.807, 2.05) is 6.07 Å². The van der Waals surface area contributed by atoms with Gasteiger partial charge < -0.3 is 14.2 Å². The monoisotopic (exact) mass is 319 g/mol. The molecule has 1 amide bonds. The summed E-state index contributed by atoms with van der Waals surface area (Å²) >= 11 is -2.15. The summed E-state index contributed by atoms with van der Waals surface area (Å²) in [4.78, 5) is 13.7. The summed E-state index contributed by atoms with van der Waals surface area (Å²) in [6.45, 7) is 0. The highest BCUT2D eigenvalue weighted by Crippen LogP contribution is 2.29. The molecule has 1 unspecified atom stereocenters. The Bertz CT molecular complexity index is 728. The number of benzene rings is 2. The molecule has 0 saturated carbocycles. The van der Waals surface area contributed by atoms with Crippen LogP contribution in [0, 0.1) is 0 Å². The lowest BCUT2D eigenvalue weighted by Crippen LogP contribution is -2.21. The fourth-order valence-electron chi connectivity index (χ4n) is 2.08. The van der Waals surface area contributed by atoms with E-state index in [1.54, 1.807) is 50.5 Å². The first-order chi connectivity index (χ1) is 10.4. The van der Waals surface area contributed by atoms with Crippen molar-refractivity contribution in [3.8, 4) is 16.9 Å². The molecule has 2 rings (SSSR count). The van der Waals surface area contributed by atoms with Gasteiger partial charge in [0.25, 0.3) is 5.91 Å². The van der Waals surface area contributed by atoms with Crippen molar-refractivity contribution >= 4 is 17.0 Å². The van der Waals surface area contributed by atoms with Gasteiger partial charge in [-0.1, -0.05) is 18.2 Å². The molecular weight excluding hydrogens is 302 g/mol. The molecule has 0 aliphatic rings. The number of hydrogen-bond acceptors (Lipinski definition) is 3. The standard InChI is InChI=1S/C16H17NO4S/c1-17(2)16(18)13-6-4-5-11(9-13)12-7-8-14(21-3)15(10-12)22(19)20/h4-10H,1-3H3,(H,19,20). The Morgan fingerprint density at radius 1 is 1.14 bits per heavy atom. The lowest BCUT2D eigenvalue weighted by atomic mass is 10.0. The van der Waals surface area contributed by atoms with Crippen LogP contribution in [-0.2, 0) is 11.1 Å². The average Bonchev–Trinajstić information content (AvgIpc) is 2.53. The van der Waals surface area contributed by atoms with Gasteiger partial charge in [-0.2, -0.15) is 0 Å². The fraction of sp³-hybridized carbons (Fsp3) is 0.188. The third-order valence-corrected chi connectivity index (χ3v) is 3.90. The minimum Gasteiger partial charge on any atom is -0.495 e. The predicted octanol–water partition coefficient (Wildman–Crippen LogP) is 2.64. The van der Waals surface area contributed by atoms with Crippen molar-refractivity contribution in [2.45, 2.75) is 4.90 Å². The SMILES string of the molecule is COc1ccc(-c2cccc(C(=O)N(C)C)c2)cc1S(=O)O. The van der Waals surface area contributed by atoms with Crippen LogP contribution in [0.2, 0.25) is 0 Å². The molecule has 0 spiro atoms. The van der Waals surface area contributed by atoms with Crippen molar-refractivity contribution in [1.82, 2.24) is 4.90 Å². The zero-order valence-corrected chi connectivity index (χ0v) is 13.4. The Morgan fingerprint density at radius 2 is 1.82 bits per heavy atom. The smallest absolute Gasteiger partial charge is 0.253 e. The number of ether oxygens (including phenoxy) is 1. The number of nitrogens with zero attached hydrogens (tertiary/aromatic N) is 1. The molecule has 0 aromatic heterocycles. The highest BCUT2D eigenvalue weighted by molar-refractivity contribution is 7.79. The maximum Gasteiger partial charge on any atom is 0.253 e. The van der Waals surface area contributed by atoms with Crippen molar-refractivity contribution in [2.24, 2.45) is 0 Å². The molecule has 5 nitrogen and oxygen atoms in total. The van der Waals surface area contributed by atoms with Gasteiger partial charge in [0.15, 0.2) is 11.1 Å². The van der Waals surface area contributed by atoms with Gasteiger partial charge in [0.1, 0.15) is 10.6 Å². The van der Waals surface area contributed by atoms with Crippen LogP contribution in [-0.4, -0.2) is 40.8 Å². The summed E-state index contributed by atoms with van der Waals surface area (Å²) in [6.07, 6.45) is 0. The lowest BCUT2D eigenvalue weighted by Gasteiger charge is -2.12. The van der Waals surface area contributed by atoms with Crippen LogP contribution in [0.15, 0.2) is 47.4 Å². The van der Waals surface area contributed by atoms with Gasteiger partial charge in [-0.05, 0) is 35.4 Å². The summed E-state index contributed by atoms with van der Waals surface area (Å²) in [5, 5.41) is 0. The van der Waals surface area contributed by atoms with Crippen molar-refractivity contribution in [2.75, 3.05) is 21.2 Å². The van der Waals surface area contributed by atoms with Gasteiger partial charge in [0, 0.05) is 19.7 Å². The minimum atomic E-state index is -2.15. The first kappa shape index (κ1) is 16.2. The van der Waals surface area contributed by atoms with Crippen LogP contribution in [0.3, 0.4) is 0 Å². The van der Waals surface area contributed by atoms with Crippen LogP contribution in [0.5, 0.6) is 5.75 Å². The molecule has 1 N–H and O–H groups in total. The van der Waals surface area contributed by atoms with E-state index in [2.05, 4.69) is 0 Å². The molecule has 0 heterocycles. The van der Waals surface area contributed by atoms with Gasteiger partial charge >= 0.3 is 0 Å². The van der Waals surface area contributed by atoms with Crippen LogP contribution in [0.4, 0.5) is 0 Å². The zero-order chi connectivity index (χ0) is 16.3. The van der Waals surface area contributed by atoms with Gasteiger partial charge in [-0.15, -0.1) is 0 Å². The van der Waals surface area contributed by atoms with Crippen LogP contribution < -0.4 is 4.74 Å². The molecule has 116 valence electrons. The molecule has 2 aromatic rings. The van der Waals surface area contributed by atoms with Crippen molar-refractivity contribution in [1.29, 1.82) is 0 Å². The molecule has 0 aliphatic carbocycles. The Labute approximate surface area is 131 Å². The second-order valence-electron chi connectivity index (χ2n) is 4.90. The van der Waals surface area contributed by atoms with E-state index in [0.29, 0.717) is 11.3 Å². The Morgan fingerprint density at radius 3 is 2.41 bits per heavy atom. The second kappa shape index (κ2) is 6.72. The minimum absolute atomic E-state index is 0.0960. The summed E-state index contributed by atoms with van der Waals surface area (Å²) in [5.41, 5.74) is 2.10. The molecule has 1 atom stereocenters. The third-order valence-electron chi connectivity index (χ3n) is 3.20. The maximum absolute atomic E-state index is 12.0. The molecule has 6 heteroatoms. The second-order valence-corrected chi connectivity index (χ2v) is 5.83. The fourth-order valence-corrected chi connectivity index (χ4v) is 2.63. The molecule has 0 fully saturated rings. The summed E-state index contributed by atoms with van der Waals surface area (Å²) in [7, 11) is 4.83. The lowest BCUT2D eigenvalue weighted by molar-refractivity contribution is 0.0827. The van der Waals surface area contributed by atoms with E-state index < -0.39 is 11.1 Å². The Balaban J connectivity index is 2.48. The Kier molecular flexibility index (Phi) is 4.95. The third kappa shape index (κ3) is 3.35. The van der Waals surface area contributed by atoms with Crippen molar-refractivity contribution in [3.05, 3.63) is 48.0 Å². The van der Waals surface area contributed by atoms with Crippen LogP contribution in [0.1, 0.15) is 10.4 Å². The Hall–Kier alpha value is -2.18. The maximum atomic E-state index is 12.0. The van der Waals surface area contributed by atoms with E-state index in [-0.39, 0.29) is 10.8 Å². The molecule has 0 radical (unpaired) electrons. The first-order valence-corrected chi connectivity index (χ1v) is 7.65. The van der Waals surface area contributed by atoms with E-state index in [9.17, 15) is 13.6 Å². The molecule has 0 aliphatic heterocycles. The largest absolute Gasteiger partial charge is 0.495 e. The zero-order valence-electron chi connectivity index (χ0n) is 12.6. The number of rotatable bonds is 4. The van der Waals surface area contributed by atoms with E-state index >= 15 is 0 Å². The highest BCUT2D eigenvalue weighted by atomic mass is 32.2. The quantitative estimate of drug-likeness (QED) is 0.880. The normalized spacial score (nSPS) is 11.8. The van der Waals surface area contributed by atoms with Gasteiger partial charge in [0.2, 0.25) is 0 Å². The molecule has 0 saturated heterocycles. The molecular formula is C16H17NO4S. The number of methoxy groups -OCH3 is 1. The molecule has 2 aromatic carbocycles. The summed E-state index contributed by atoms with van der Waals surface area (Å²) in [5.74, 6) is 0.256. The summed E-state index contributed by atoms with van der Waals surface area (Å²) < 4.78 is 25.8. The number of amides is 1. The number of carbonyl (C=O) groups is 1. The van der Waals surface area contributed by atoms with Gasteiger partial charge in [-0.25, -0.2) is 4.21 Å². The van der Waals surface area contributed by atoms with Gasteiger partial charge in [-0.3, -0.25) is 4.79 Å². The van der Waals surface area contributed by atoms with Crippen molar-refractivity contribution < 1.29 is 18.3 Å². The van der Waals surface area contributed by atoms with E-state index in [4.69, 9.17) is 4.74 Å². The van der Waals surface area contributed by atoms with Crippen LogP contribution >= 0.6 is 0 Å². The molecule has 22 heavy (non-hydrogen) atoms. The van der Waals surface area contributed by atoms with Crippen LogP contribution in [0.25, 0.3) is 11.1 Å². The number of carbonyl (C=O) groups excluding carboxylic acids is 1. The summed E-state index contributed by atoms with van der Waals surface area (Å²) in [6, 6.07) is 12.1. The average molecular weight is 319 g/mol. The predicted molar refractivity (Wildman–Crippen MR) is 85.5 cm³/mol. The van der Waals surface area contributed by atoms with E-state index in [0.717, 1.165) is 11.1 Å². The first-order valence-electron chi connectivity index (χ1n) is 6.55. The molecule has 0 bridgehead atoms. The van der Waals surface area contributed by atoms with Crippen molar-refractivity contribution in [3.63, 3.8) is 0 Å². The highest BCUT2D eigenvalue weighted by Gasteiger charge is 2.13. The topological polar surface area (TPSA) is 66.8 Å². The number of hydrogen-bond donors (Lipinski definition) is 1. The van der Waals surface area contributed by atoms with E-state index in [1.165, 1.54) is 12.0 Å². The van der Waals surface area contributed by atoms with Gasteiger partial charge in [0.05, 0.1) is 7.11 Å².